The summed E-state index contributed by atoms with van der Waals surface area (Å²) in [4.78, 5) is 24.2. The predicted molar refractivity (Wildman–Crippen MR) is 134 cm³/mol. The number of aromatic nitrogens is 2. The Labute approximate surface area is 198 Å². The SMILES string of the molecule is CC(C)C1=CCC=C(c2nccc(N(Cc3cccc(C(=O)O)c3)Cc3cccs3)n2)C=C1. The molecule has 1 aliphatic carbocycles. The van der Waals surface area contributed by atoms with Gasteiger partial charge in [-0.05, 0) is 53.1 Å². The number of carbonyl (C=O) groups is 1. The van der Waals surface area contributed by atoms with E-state index in [1.54, 1.807) is 35.7 Å². The largest absolute Gasteiger partial charge is 0.478 e. The van der Waals surface area contributed by atoms with Gasteiger partial charge in [-0.15, -0.1) is 11.3 Å². The van der Waals surface area contributed by atoms with Gasteiger partial charge in [-0.1, -0.05) is 56.4 Å². The summed E-state index contributed by atoms with van der Waals surface area (Å²) in [5.41, 5.74) is 3.53. The van der Waals surface area contributed by atoms with E-state index in [1.807, 2.05) is 18.2 Å². The van der Waals surface area contributed by atoms with E-state index in [-0.39, 0.29) is 5.56 Å². The molecule has 0 fully saturated rings. The number of hydrogen-bond donors (Lipinski definition) is 1. The highest BCUT2D eigenvalue weighted by atomic mass is 32.1. The highest BCUT2D eigenvalue weighted by Gasteiger charge is 2.15. The average Bonchev–Trinajstić information content (AvgIpc) is 3.19. The topological polar surface area (TPSA) is 66.3 Å². The van der Waals surface area contributed by atoms with Crippen LogP contribution in [0.2, 0.25) is 0 Å². The molecule has 4 rings (SSSR count). The van der Waals surface area contributed by atoms with Gasteiger partial charge in [0.1, 0.15) is 5.82 Å². The Morgan fingerprint density at radius 2 is 2.00 bits per heavy atom. The van der Waals surface area contributed by atoms with Crippen molar-refractivity contribution in [2.75, 3.05) is 4.90 Å². The molecule has 5 nitrogen and oxygen atoms in total. The molecule has 2 aromatic heterocycles. The average molecular weight is 458 g/mol. The summed E-state index contributed by atoms with van der Waals surface area (Å²) in [6, 6.07) is 13.1. The smallest absolute Gasteiger partial charge is 0.335 e. The molecule has 33 heavy (non-hydrogen) atoms. The summed E-state index contributed by atoms with van der Waals surface area (Å²) in [6.07, 6.45) is 11.3. The van der Waals surface area contributed by atoms with Crippen LogP contribution in [0.25, 0.3) is 5.57 Å². The molecule has 0 unspecified atom stereocenters. The zero-order valence-electron chi connectivity index (χ0n) is 18.8. The van der Waals surface area contributed by atoms with Crippen LogP contribution in [0.3, 0.4) is 0 Å². The molecular formula is C27H27N3O2S. The minimum Gasteiger partial charge on any atom is -0.478 e. The minimum atomic E-state index is -0.924. The van der Waals surface area contributed by atoms with Crippen LogP contribution < -0.4 is 4.90 Å². The molecule has 0 saturated heterocycles. The zero-order valence-corrected chi connectivity index (χ0v) is 19.6. The lowest BCUT2D eigenvalue weighted by Crippen LogP contribution is -2.23. The first-order valence-corrected chi connectivity index (χ1v) is 11.9. The maximum atomic E-state index is 11.4. The fourth-order valence-electron chi connectivity index (χ4n) is 3.73. The van der Waals surface area contributed by atoms with Gasteiger partial charge in [0, 0.05) is 23.2 Å². The van der Waals surface area contributed by atoms with Crippen LogP contribution in [0, 0.1) is 5.92 Å². The fourth-order valence-corrected chi connectivity index (χ4v) is 4.45. The second-order valence-electron chi connectivity index (χ2n) is 8.27. The third-order valence-electron chi connectivity index (χ3n) is 5.51. The van der Waals surface area contributed by atoms with Crippen LogP contribution in [-0.2, 0) is 13.1 Å². The molecule has 0 saturated carbocycles. The summed E-state index contributed by atoms with van der Waals surface area (Å²) < 4.78 is 0. The number of nitrogens with zero attached hydrogens (tertiary/aromatic N) is 3. The molecule has 0 aliphatic heterocycles. The predicted octanol–water partition coefficient (Wildman–Crippen LogP) is 6.37. The normalized spacial score (nSPS) is 13.4. The first kappa shape index (κ1) is 22.7. The molecule has 0 spiro atoms. The van der Waals surface area contributed by atoms with Gasteiger partial charge in [-0.2, -0.15) is 0 Å². The van der Waals surface area contributed by atoms with Crippen LogP contribution in [0.1, 0.15) is 46.9 Å². The van der Waals surface area contributed by atoms with Crippen LogP contribution >= 0.6 is 11.3 Å². The van der Waals surface area contributed by atoms with Crippen LogP contribution in [-0.4, -0.2) is 21.0 Å². The summed E-state index contributed by atoms with van der Waals surface area (Å²) in [7, 11) is 0. The summed E-state index contributed by atoms with van der Waals surface area (Å²) in [5, 5.41) is 11.4. The number of allylic oxidation sites excluding steroid dienone is 6. The summed E-state index contributed by atoms with van der Waals surface area (Å²) >= 11 is 1.69. The highest BCUT2D eigenvalue weighted by Crippen LogP contribution is 2.25. The van der Waals surface area contributed by atoms with Crippen molar-refractivity contribution < 1.29 is 9.90 Å². The molecule has 1 N–H and O–H groups in total. The van der Waals surface area contributed by atoms with Gasteiger partial charge < -0.3 is 10.0 Å². The molecular weight excluding hydrogens is 430 g/mol. The van der Waals surface area contributed by atoms with E-state index < -0.39 is 5.97 Å². The highest BCUT2D eigenvalue weighted by molar-refractivity contribution is 7.09. The number of rotatable bonds is 8. The summed E-state index contributed by atoms with van der Waals surface area (Å²) in [5.74, 6) is 1.05. The Bertz CT molecular complexity index is 1210. The second kappa shape index (κ2) is 10.4. The molecule has 3 aromatic rings. The Balaban J connectivity index is 1.64. The van der Waals surface area contributed by atoms with Crippen molar-refractivity contribution in [1.29, 1.82) is 0 Å². The third kappa shape index (κ3) is 5.84. The van der Waals surface area contributed by atoms with Gasteiger partial charge in [-0.25, -0.2) is 14.8 Å². The van der Waals surface area contributed by atoms with Crippen molar-refractivity contribution in [1.82, 2.24) is 9.97 Å². The lowest BCUT2D eigenvalue weighted by molar-refractivity contribution is 0.0696. The van der Waals surface area contributed by atoms with Crippen LogP contribution in [0.5, 0.6) is 0 Å². The van der Waals surface area contributed by atoms with E-state index in [0.29, 0.717) is 24.8 Å². The van der Waals surface area contributed by atoms with Crippen molar-refractivity contribution in [2.45, 2.75) is 33.4 Å². The fraction of sp³-hybridized carbons (Fsp3) is 0.222. The molecule has 0 radical (unpaired) electrons. The molecule has 1 aromatic carbocycles. The van der Waals surface area contributed by atoms with Crippen molar-refractivity contribution in [3.05, 3.63) is 106 Å². The number of hydrogen-bond acceptors (Lipinski definition) is 5. The van der Waals surface area contributed by atoms with Gasteiger partial charge in [0.05, 0.1) is 12.1 Å². The van der Waals surface area contributed by atoms with Gasteiger partial charge in [-0.3, -0.25) is 0 Å². The zero-order chi connectivity index (χ0) is 23.2. The van der Waals surface area contributed by atoms with Gasteiger partial charge in [0.15, 0.2) is 5.82 Å². The molecule has 0 atom stereocenters. The van der Waals surface area contributed by atoms with E-state index >= 15 is 0 Å². The molecule has 168 valence electrons. The Hall–Kier alpha value is -3.51. The van der Waals surface area contributed by atoms with Gasteiger partial charge in [0.2, 0.25) is 0 Å². The number of carboxylic acid groups (broad SMARTS) is 1. The van der Waals surface area contributed by atoms with Crippen molar-refractivity contribution in [2.24, 2.45) is 5.92 Å². The second-order valence-corrected chi connectivity index (χ2v) is 9.30. The van der Waals surface area contributed by atoms with E-state index in [0.717, 1.165) is 23.4 Å². The lowest BCUT2D eigenvalue weighted by Gasteiger charge is -2.24. The molecule has 2 heterocycles. The lowest BCUT2D eigenvalue weighted by atomic mass is 10.0. The number of thiophene rings is 1. The molecule has 6 heteroatoms. The number of aromatic carboxylic acids is 1. The van der Waals surface area contributed by atoms with E-state index in [2.05, 4.69) is 59.5 Å². The number of benzene rings is 1. The monoisotopic (exact) mass is 457 g/mol. The van der Waals surface area contributed by atoms with Gasteiger partial charge in [0.25, 0.3) is 0 Å². The van der Waals surface area contributed by atoms with E-state index in [1.165, 1.54) is 10.5 Å². The molecule has 1 aliphatic rings. The summed E-state index contributed by atoms with van der Waals surface area (Å²) in [6.45, 7) is 5.61. The first-order valence-electron chi connectivity index (χ1n) is 11.0. The quantitative estimate of drug-likeness (QED) is 0.426. The molecule has 0 amide bonds. The Morgan fingerprint density at radius 3 is 2.76 bits per heavy atom. The maximum Gasteiger partial charge on any atom is 0.335 e. The van der Waals surface area contributed by atoms with Crippen molar-refractivity contribution >= 4 is 28.7 Å². The van der Waals surface area contributed by atoms with Crippen molar-refractivity contribution in [3.8, 4) is 0 Å². The van der Waals surface area contributed by atoms with Crippen LogP contribution in [0.4, 0.5) is 5.82 Å². The first-order chi connectivity index (χ1) is 16.0. The van der Waals surface area contributed by atoms with Crippen LogP contribution in [0.15, 0.2) is 83.9 Å². The van der Waals surface area contributed by atoms with E-state index in [4.69, 9.17) is 4.98 Å². The minimum absolute atomic E-state index is 0.286. The maximum absolute atomic E-state index is 11.4. The standard InChI is InChI=1S/C27H27N3O2S/c1-19(2)21-7-4-8-22(12-11-21)26-28-14-13-25(29-26)30(18-24-10-5-15-33-24)17-20-6-3-9-23(16-20)27(31)32/h3,5-16,19H,4,17-18H2,1-2H3,(H,31,32). The Morgan fingerprint density at radius 1 is 1.12 bits per heavy atom. The third-order valence-corrected chi connectivity index (χ3v) is 6.37. The Kier molecular flexibility index (Phi) is 7.15. The number of carboxylic acids is 1. The molecule has 0 bridgehead atoms. The number of anilines is 1. The van der Waals surface area contributed by atoms with Crippen molar-refractivity contribution in [3.63, 3.8) is 0 Å². The van der Waals surface area contributed by atoms with E-state index in [9.17, 15) is 9.90 Å². The van der Waals surface area contributed by atoms with Gasteiger partial charge >= 0.3 is 5.97 Å².